The van der Waals surface area contributed by atoms with Crippen molar-refractivity contribution in [3.63, 3.8) is 0 Å². The minimum atomic E-state index is -0.368. The molecule has 1 saturated carbocycles. The summed E-state index contributed by atoms with van der Waals surface area (Å²) < 4.78 is 0. The monoisotopic (exact) mass is 295 g/mol. The number of nitrogens with zero attached hydrogens (tertiary/aromatic N) is 1. The van der Waals surface area contributed by atoms with Gasteiger partial charge in [0.15, 0.2) is 0 Å². The fourth-order valence-electron chi connectivity index (χ4n) is 2.96. The van der Waals surface area contributed by atoms with Gasteiger partial charge in [0.2, 0.25) is 0 Å². The topological polar surface area (TPSA) is 40.5 Å². The number of carbonyl (C=O) groups excluding carboxylic acids is 1. The maximum absolute atomic E-state index is 12.3. The Kier molecular flexibility index (Phi) is 2.71. The second kappa shape index (κ2) is 4.10. The number of carbonyl (C=O) groups is 1. The number of fused-ring (bicyclic) bond motifs is 2. The van der Waals surface area contributed by atoms with Gasteiger partial charge >= 0.3 is 0 Å². The molecule has 0 aromatic heterocycles. The van der Waals surface area contributed by atoms with Crippen LogP contribution < -0.4 is 0 Å². The Labute approximate surface area is 109 Å². The first-order chi connectivity index (χ1) is 8.18. The first kappa shape index (κ1) is 11.2. The van der Waals surface area contributed by atoms with Crippen molar-refractivity contribution >= 4 is 21.8 Å². The molecule has 1 saturated heterocycles. The molecule has 0 radical (unpaired) electrons. The van der Waals surface area contributed by atoms with E-state index >= 15 is 0 Å². The van der Waals surface area contributed by atoms with Crippen molar-refractivity contribution in [3.8, 4) is 0 Å². The average molecular weight is 296 g/mol. The molecule has 0 unspecified atom stereocenters. The van der Waals surface area contributed by atoms with Gasteiger partial charge in [-0.3, -0.25) is 4.79 Å². The molecule has 17 heavy (non-hydrogen) atoms. The van der Waals surface area contributed by atoms with Gasteiger partial charge in [-0.2, -0.15) is 0 Å². The summed E-state index contributed by atoms with van der Waals surface area (Å²) in [5.41, 5.74) is 0.701. The van der Waals surface area contributed by atoms with Crippen LogP contribution in [0.2, 0.25) is 0 Å². The molecule has 2 fully saturated rings. The van der Waals surface area contributed by atoms with Crippen LogP contribution in [0, 0.1) is 5.92 Å². The number of rotatable bonds is 1. The molecule has 4 heteroatoms. The summed E-state index contributed by atoms with van der Waals surface area (Å²) in [5, 5.41) is 10.0. The van der Waals surface area contributed by atoms with E-state index in [1.165, 1.54) is 0 Å². The highest BCUT2D eigenvalue weighted by atomic mass is 79.9. The highest BCUT2D eigenvalue weighted by Crippen LogP contribution is 2.42. The minimum absolute atomic E-state index is 0.0290. The van der Waals surface area contributed by atoms with Crippen molar-refractivity contribution in [2.75, 3.05) is 6.54 Å². The third-order valence-electron chi connectivity index (χ3n) is 3.80. The number of halogens is 1. The Morgan fingerprint density at radius 1 is 1.35 bits per heavy atom. The fourth-order valence-corrected chi connectivity index (χ4v) is 4.04. The summed E-state index contributed by atoms with van der Waals surface area (Å²) >= 11 is 3.56. The van der Waals surface area contributed by atoms with Gasteiger partial charge in [-0.25, -0.2) is 0 Å². The largest absolute Gasteiger partial charge is 0.391 e. The van der Waals surface area contributed by atoms with Gasteiger partial charge in [0.25, 0.3) is 5.91 Å². The lowest BCUT2D eigenvalue weighted by Gasteiger charge is -2.30. The van der Waals surface area contributed by atoms with Gasteiger partial charge in [-0.05, 0) is 18.6 Å². The van der Waals surface area contributed by atoms with E-state index in [0.29, 0.717) is 12.1 Å². The number of hydrogen-bond acceptors (Lipinski definition) is 2. The van der Waals surface area contributed by atoms with E-state index in [4.69, 9.17) is 0 Å². The number of alkyl halides is 1. The van der Waals surface area contributed by atoms with E-state index in [1.807, 2.05) is 35.2 Å². The molecule has 1 amide bonds. The first-order valence-electron chi connectivity index (χ1n) is 5.86. The predicted octanol–water partition coefficient (Wildman–Crippen LogP) is 1.66. The second-order valence-electron chi connectivity index (χ2n) is 4.82. The van der Waals surface area contributed by atoms with Gasteiger partial charge < -0.3 is 10.0 Å². The zero-order chi connectivity index (χ0) is 12.0. The van der Waals surface area contributed by atoms with Crippen LogP contribution in [0.1, 0.15) is 16.8 Å². The molecule has 1 aliphatic heterocycles. The molecule has 1 aromatic carbocycles. The number of hydrogen-bond donors (Lipinski definition) is 1. The standard InChI is InChI=1S/C13H14BrNO2/c14-10-6-9-7-15(11(10)12(9)16)13(17)8-4-2-1-3-5-8/h1-5,9-12,16H,6-7H2/t9-,10-,11-,12+/m1/s1. The number of benzene rings is 1. The van der Waals surface area contributed by atoms with Crippen LogP contribution in [-0.2, 0) is 0 Å². The van der Waals surface area contributed by atoms with Gasteiger partial charge in [-0.1, -0.05) is 34.1 Å². The van der Waals surface area contributed by atoms with Gasteiger partial charge in [0.1, 0.15) is 0 Å². The average Bonchev–Trinajstić information content (AvgIpc) is 2.81. The van der Waals surface area contributed by atoms with Crippen molar-refractivity contribution in [2.45, 2.75) is 23.4 Å². The van der Waals surface area contributed by atoms with E-state index in [9.17, 15) is 9.90 Å². The Morgan fingerprint density at radius 2 is 2.06 bits per heavy atom. The van der Waals surface area contributed by atoms with Crippen molar-refractivity contribution in [2.24, 2.45) is 5.92 Å². The van der Waals surface area contributed by atoms with E-state index in [2.05, 4.69) is 15.9 Å². The Morgan fingerprint density at radius 3 is 2.65 bits per heavy atom. The van der Waals surface area contributed by atoms with Crippen molar-refractivity contribution in [1.29, 1.82) is 0 Å². The van der Waals surface area contributed by atoms with Crippen molar-refractivity contribution in [3.05, 3.63) is 35.9 Å². The molecular weight excluding hydrogens is 282 g/mol. The molecular formula is C13H14BrNO2. The summed E-state index contributed by atoms with van der Waals surface area (Å²) in [4.78, 5) is 14.4. The number of aliphatic hydroxyl groups excluding tert-OH is 1. The molecule has 4 atom stereocenters. The van der Waals surface area contributed by atoms with Crippen LogP contribution in [-0.4, -0.2) is 39.4 Å². The summed E-state index contributed by atoms with van der Waals surface area (Å²) in [5.74, 6) is 0.262. The van der Waals surface area contributed by atoms with Crippen LogP contribution in [0.15, 0.2) is 30.3 Å². The smallest absolute Gasteiger partial charge is 0.254 e. The molecule has 90 valence electrons. The lowest BCUT2D eigenvalue weighted by atomic mass is 10.1. The molecule has 0 spiro atoms. The molecule has 2 bridgehead atoms. The predicted molar refractivity (Wildman–Crippen MR) is 68.1 cm³/mol. The molecule has 2 aliphatic rings. The summed E-state index contributed by atoms with van der Waals surface area (Å²) in [6.07, 6.45) is 0.594. The third-order valence-corrected chi connectivity index (χ3v) is 4.72. The van der Waals surface area contributed by atoms with E-state index in [1.54, 1.807) is 0 Å². The zero-order valence-electron chi connectivity index (χ0n) is 9.29. The van der Waals surface area contributed by atoms with E-state index < -0.39 is 0 Å². The lowest BCUT2D eigenvalue weighted by molar-refractivity contribution is 0.0659. The summed E-state index contributed by atoms with van der Waals surface area (Å²) in [6.45, 7) is 0.682. The second-order valence-corrected chi connectivity index (χ2v) is 5.99. The van der Waals surface area contributed by atoms with Crippen molar-refractivity contribution < 1.29 is 9.90 Å². The molecule has 1 aromatic rings. The molecule has 3 rings (SSSR count). The van der Waals surface area contributed by atoms with Gasteiger partial charge in [0, 0.05) is 22.9 Å². The van der Waals surface area contributed by atoms with Crippen LogP contribution in [0.4, 0.5) is 0 Å². The highest BCUT2D eigenvalue weighted by molar-refractivity contribution is 9.09. The number of piperidine rings is 1. The van der Waals surface area contributed by atoms with Crippen LogP contribution in [0.5, 0.6) is 0 Å². The quantitative estimate of drug-likeness (QED) is 0.801. The number of amides is 1. The van der Waals surface area contributed by atoms with E-state index in [0.717, 1.165) is 6.42 Å². The molecule has 1 aliphatic carbocycles. The summed E-state index contributed by atoms with van der Waals surface area (Å²) in [6, 6.07) is 9.21. The maximum Gasteiger partial charge on any atom is 0.254 e. The Bertz CT molecular complexity index is 436. The maximum atomic E-state index is 12.3. The lowest BCUT2D eigenvalue weighted by Crippen LogP contribution is -2.44. The van der Waals surface area contributed by atoms with Crippen LogP contribution >= 0.6 is 15.9 Å². The van der Waals surface area contributed by atoms with E-state index in [-0.39, 0.29) is 28.8 Å². The Hall–Kier alpha value is -0.870. The zero-order valence-corrected chi connectivity index (χ0v) is 10.9. The number of aliphatic hydroxyl groups is 1. The first-order valence-corrected chi connectivity index (χ1v) is 6.78. The normalized spacial score (nSPS) is 35.3. The van der Waals surface area contributed by atoms with Gasteiger partial charge in [-0.15, -0.1) is 0 Å². The number of likely N-dealkylation sites (tertiary alicyclic amines) is 1. The molecule has 1 N–H and O–H groups in total. The fraction of sp³-hybridized carbons (Fsp3) is 0.462. The SMILES string of the molecule is O=C(c1ccccc1)N1C[C@H]2C[C@@H](Br)[C@@H]1[C@H]2O. The van der Waals surface area contributed by atoms with Gasteiger partial charge in [0.05, 0.1) is 12.1 Å². The van der Waals surface area contributed by atoms with Crippen LogP contribution in [0.25, 0.3) is 0 Å². The highest BCUT2D eigenvalue weighted by Gasteiger charge is 2.52. The van der Waals surface area contributed by atoms with Crippen molar-refractivity contribution in [1.82, 2.24) is 4.90 Å². The Balaban J connectivity index is 1.85. The van der Waals surface area contributed by atoms with Crippen LogP contribution in [0.3, 0.4) is 0 Å². The third kappa shape index (κ3) is 1.70. The minimum Gasteiger partial charge on any atom is -0.391 e. The molecule has 3 nitrogen and oxygen atoms in total. The summed E-state index contributed by atoms with van der Waals surface area (Å²) in [7, 11) is 0. The molecule has 1 heterocycles.